The first-order valence-corrected chi connectivity index (χ1v) is 44.7. The second kappa shape index (κ2) is 70.1. The van der Waals surface area contributed by atoms with Crippen molar-refractivity contribution in [2.75, 3.05) is 39.6 Å². The van der Waals surface area contributed by atoms with Crippen molar-refractivity contribution in [1.82, 2.24) is 0 Å². The van der Waals surface area contributed by atoms with E-state index in [-0.39, 0.29) is 25.7 Å². The number of ether oxygens (including phenoxy) is 4. The summed E-state index contributed by atoms with van der Waals surface area (Å²) < 4.78 is 68.7. The third kappa shape index (κ3) is 74.3. The van der Waals surface area contributed by atoms with Crippen molar-refractivity contribution < 1.29 is 80.2 Å². The fourth-order valence-corrected chi connectivity index (χ4v) is 14.0. The van der Waals surface area contributed by atoms with Gasteiger partial charge in [0.15, 0.2) is 12.2 Å². The van der Waals surface area contributed by atoms with Gasteiger partial charge in [-0.25, -0.2) is 9.13 Å². The minimum atomic E-state index is -4.96. The predicted molar refractivity (Wildman–Crippen MR) is 409 cm³/mol. The van der Waals surface area contributed by atoms with E-state index in [1.54, 1.807) is 0 Å². The molecule has 0 heterocycles. The van der Waals surface area contributed by atoms with Crippen LogP contribution in [0.1, 0.15) is 415 Å². The van der Waals surface area contributed by atoms with Gasteiger partial charge in [0.05, 0.1) is 26.4 Å². The van der Waals surface area contributed by atoms with Crippen LogP contribution in [0.5, 0.6) is 0 Å². The normalized spacial score (nSPS) is 14.0. The smallest absolute Gasteiger partial charge is 0.462 e. The highest BCUT2D eigenvalue weighted by molar-refractivity contribution is 7.47. The molecular weight excluding hydrogens is 1310 g/mol. The first-order chi connectivity index (χ1) is 48.1. The van der Waals surface area contributed by atoms with Gasteiger partial charge in [-0.3, -0.25) is 37.3 Å². The highest BCUT2D eigenvalue weighted by atomic mass is 31.2. The zero-order valence-corrected chi connectivity index (χ0v) is 67.6. The van der Waals surface area contributed by atoms with Crippen LogP contribution >= 0.6 is 15.6 Å². The molecule has 0 saturated carbocycles. The van der Waals surface area contributed by atoms with Gasteiger partial charge in [0.25, 0.3) is 0 Å². The molecule has 3 unspecified atom stereocenters. The number of aliphatic hydroxyl groups is 1. The summed E-state index contributed by atoms with van der Waals surface area (Å²) in [5.74, 6) is 0.963. The van der Waals surface area contributed by atoms with Crippen molar-refractivity contribution in [1.29, 1.82) is 0 Å². The van der Waals surface area contributed by atoms with Gasteiger partial charge in [0.2, 0.25) is 0 Å². The predicted octanol–water partition coefficient (Wildman–Crippen LogP) is 24.0. The van der Waals surface area contributed by atoms with E-state index in [0.717, 1.165) is 114 Å². The van der Waals surface area contributed by atoms with Gasteiger partial charge in [-0.1, -0.05) is 364 Å². The Hall–Kier alpha value is -1.94. The van der Waals surface area contributed by atoms with E-state index in [1.165, 1.54) is 218 Å². The molecule has 5 atom stereocenters. The Morgan fingerprint density at radius 2 is 0.420 bits per heavy atom. The number of hydrogen-bond acceptors (Lipinski definition) is 15. The summed E-state index contributed by atoms with van der Waals surface area (Å²) in [5, 5.41) is 10.6. The molecular formula is C81H158O17P2. The van der Waals surface area contributed by atoms with E-state index in [2.05, 4.69) is 55.4 Å². The summed E-state index contributed by atoms with van der Waals surface area (Å²) in [6.07, 6.45) is 57.0. The number of carbonyl (C=O) groups excluding carboxylic acids is 4. The molecule has 0 spiro atoms. The van der Waals surface area contributed by atoms with Crippen LogP contribution < -0.4 is 0 Å². The summed E-state index contributed by atoms with van der Waals surface area (Å²) in [5.41, 5.74) is 0. The van der Waals surface area contributed by atoms with Crippen molar-refractivity contribution >= 4 is 39.5 Å². The number of carbonyl (C=O) groups is 4. The number of phosphoric acid groups is 2. The molecule has 17 nitrogen and oxygen atoms in total. The van der Waals surface area contributed by atoms with Crippen LogP contribution in [0.15, 0.2) is 0 Å². The quantitative estimate of drug-likeness (QED) is 0.0222. The van der Waals surface area contributed by atoms with Crippen molar-refractivity contribution in [3.8, 4) is 0 Å². The summed E-state index contributed by atoms with van der Waals surface area (Å²) in [4.78, 5) is 73.0. The van der Waals surface area contributed by atoms with Crippen LogP contribution in [0.25, 0.3) is 0 Å². The molecule has 0 rings (SSSR count). The maximum atomic E-state index is 13.1. The lowest BCUT2D eigenvalue weighted by molar-refractivity contribution is -0.161. The van der Waals surface area contributed by atoms with Gasteiger partial charge in [-0.15, -0.1) is 0 Å². The molecule has 0 aromatic carbocycles. The van der Waals surface area contributed by atoms with Crippen LogP contribution in [0.2, 0.25) is 0 Å². The van der Waals surface area contributed by atoms with Gasteiger partial charge in [-0.2, -0.15) is 0 Å². The van der Waals surface area contributed by atoms with E-state index in [4.69, 9.17) is 37.0 Å². The van der Waals surface area contributed by atoms with Gasteiger partial charge >= 0.3 is 39.5 Å². The molecule has 0 aliphatic carbocycles. The van der Waals surface area contributed by atoms with Crippen LogP contribution in [0, 0.1) is 23.7 Å². The molecule has 0 aromatic heterocycles. The molecule has 0 saturated heterocycles. The van der Waals surface area contributed by atoms with Crippen molar-refractivity contribution in [3.63, 3.8) is 0 Å². The largest absolute Gasteiger partial charge is 0.472 e. The number of unbranched alkanes of at least 4 members (excludes halogenated alkanes) is 44. The number of rotatable bonds is 78. The van der Waals surface area contributed by atoms with Crippen molar-refractivity contribution in [2.24, 2.45) is 23.7 Å². The lowest BCUT2D eigenvalue weighted by Crippen LogP contribution is -2.30. The Kier molecular flexibility index (Phi) is 68.7. The number of phosphoric ester groups is 2. The Labute approximate surface area is 613 Å². The van der Waals surface area contributed by atoms with Crippen molar-refractivity contribution in [2.45, 2.75) is 433 Å². The molecule has 0 bridgehead atoms. The summed E-state index contributed by atoms with van der Waals surface area (Å²) in [6.45, 7) is 14.2. The van der Waals surface area contributed by atoms with Crippen LogP contribution in [0.4, 0.5) is 0 Å². The summed E-state index contributed by atoms with van der Waals surface area (Å²) in [6, 6.07) is 0. The SMILES string of the molecule is CC(C)CCCCCCCCCCCCCCCCCCC(=O)O[C@H](COC(=O)CCCCCCCCCCCCCCCCCC(C)C)COP(=O)(O)OCC(O)COP(=O)(O)OC[C@@H](COC(=O)CCCCCCCCCCC(C)C)OC(=O)CCCCCCCCCCCC(C)C. The van der Waals surface area contributed by atoms with E-state index in [1.807, 2.05) is 0 Å². The maximum Gasteiger partial charge on any atom is 0.472 e. The molecule has 0 fully saturated rings. The molecule has 19 heteroatoms. The van der Waals surface area contributed by atoms with E-state index < -0.39 is 97.5 Å². The first-order valence-electron chi connectivity index (χ1n) is 41.7. The van der Waals surface area contributed by atoms with Gasteiger partial charge < -0.3 is 33.8 Å². The minimum absolute atomic E-state index is 0.105. The first kappa shape index (κ1) is 98.1. The minimum Gasteiger partial charge on any atom is -0.462 e. The van der Waals surface area contributed by atoms with Gasteiger partial charge in [-0.05, 0) is 49.4 Å². The molecule has 0 radical (unpaired) electrons. The fourth-order valence-electron chi connectivity index (χ4n) is 12.4. The second-order valence-electron chi connectivity index (χ2n) is 31.1. The van der Waals surface area contributed by atoms with Crippen molar-refractivity contribution in [3.05, 3.63) is 0 Å². The Morgan fingerprint density at radius 1 is 0.250 bits per heavy atom. The molecule has 3 N–H and O–H groups in total. The van der Waals surface area contributed by atoms with E-state index >= 15 is 0 Å². The average molecular weight is 1470 g/mol. The Bertz CT molecular complexity index is 1950. The maximum absolute atomic E-state index is 13.1. The topological polar surface area (TPSA) is 237 Å². The lowest BCUT2D eigenvalue weighted by atomic mass is 10.0. The monoisotopic (exact) mass is 1470 g/mol. The molecule has 594 valence electrons. The molecule has 0 aliphatic heterocycles. The second-order valence-corrected chi connectivity index (χ2v) is 34.0. The zero-order valence-electron chi connectivity index (χ0n) is 65.8. The molecule has 100 heavy (non-hydrogen) atoms. The lowest BCUT2D eigenvalue weighted by Gasteiger charge is -2.21. The number of esters is 4. The number of hydrogen-bond donors (Lipinski definition) is 3. The molecule has 0 aromatic rings. The van der Waals surface area contributed by atoms with Crippen LogP contribution in [0.3, 0.4) is 0 Å². The van der Waals surface area contributed by atoms with E-state index in [9.17, 15) is 43.2 Å². The fraction of sp³-hybridized carbons (Fsp3) is 0.951. The highest BCUT2D eigenvalue weighted by Gasteiger charge is 2.30. The third-order valence-corrected chi connectivity index (χ3v) is 20.7. The highest BCUT2D eigenvalue weighted by Crippen LogP contribution is 2.45. The van der Waals surface area contributed by atoms with Gasteiger partial charge in [0.1, 0.15) is 19.3 Å². The standard InChI is InChI=1S/C81H158O17P2/c1-71(2)57-49-41-33-25-20-16-12-9-10-14-19-23-29-39-47-55-63-80(85)97-76(67-91-78(83)61-53-45-37-28-22-18-15-11-13-17-21-26-34-42-50-58-72(3)4)69-95-99(87,88)93-65-75(82)66-94-100(89,90)96-70-77(68-92-79(84)62-54-46-38-32-31-36-44-52-60-74(7)8)98-81(86)64-56-48-40-30-24-27-35-43-51-59-73(5)6/h71-77,82H,9-70H2,1-8H3,(H,87,88)(H,89,90)/t75?,76-,77-/m1/s1. The third-order valence-electron chi connectivity index (χ3n) is 18.8. The van der Waals surface area contributed by atoms with E-state index in [0.29, 0.717) is 25.7 Å². The average Bonchev–Trinajstić information content (AvgIpc) is 0.913. The zero-order chi connectivity index (χ0) is 73.8. The van der Waals surface area contributed by atoms with Crippen LogP contribution in [-0.2, 0) is 65.4 Å². The molecule has 0 aliphatic rings. The number of aliphatic hydroxyl groups excluding tert-OH is 1. The Morgan fingerprint density at radius 3 is 0.620 bits per heavy atom. The molecule has 0 amide bonds. The summed E-state index contributed by atoms with van der Waals surface area (Å²) in [7, 11) is -9.92. The summed E-state index contributed by atoms with van der Waals surface area (Å²) >= 11 is 0. The van der Waals surface area contributed by atoms with Crippen LogP contribution in [-0.4, -0.2) is 96.7 Å². The Balaban J connectivity index is 5.24. The van der Waals surface area contributed by atoms with Gasteiger partial charge in [0, 0.05) is 25.7 Å².